The summed E-state index contributed by atoms with van der Waals surface area (Å²) in [5.74, 6) is 0.645. The van der Waals surface area contributed by atoms with Crippen LogP contribution >= 0.6 is 12.6 Å². The smallest absolute Gasteiger partial charge is 0.102 e. The SMILES string of the molecule is CC.CC1CCCOC1S. The zero-order chi connectivity index (χ0) is 7.98. The lowest BCUT2D eigenvalue weighted by Gasteiger charge is -2.24. The van der Waals surface area contributed by atoms with E-state index < -0.39 is 0 Å². The van der Waals surface area contributed by atoms with Gasteiger partial charge in [0.05, 0.1) is 0 Å². The highest BCUT2D eigenvalue weighted by molar-refractivity contribution is 7.80. The van der Waals surface area contributed by atoms with Crippen molar-refractivity contribution in [2.24, 2.45) is 5.92 Å². The van der Waals surface area contributed by atoms with E-state index in [0.717, 1.165) is 6.61 Å². The highest BCUT2D eigenvalue weighted by Gasteiger charge is 2.17. The van der Waals surface area contributed by atoms with Crippen molar-refractivity contribution in [3.8, 4) is 0 Å². The van der Waals surface area contributed by atoms with Gasteiger partial charge < -0.3 is 4.74 Å². The van der Waals surface area contributed by atoms with Crippen molar-refractivity contribution in [1.82, 2.24) is 0 Å². The minimum atomic E-state index is 0.198. The average molecular weight is 162 g/mol. The summed E-state index contributed by atoms with van der Waals surface area (Å²) in [6.45, 7) is 7.08. The van der Waals surface area contributed by atoms with Crippen molar-refractivity contribution in [2.75, 3.05) is 6.61 Å². The molecule has 0 aromatic heterocycles. The van der Waals surface area contributed by atoms with Crippen molar-refractivity contribution in [3.63, 3.8) is 0 Å². The Balaban J connectivity index is 0.000000371. The van der Waals surface area contributed by atoms with Crippen LogP contribution in [0.4, 0.5) is 0 Å². The molecular weight excluding hydrogens is 144 g/mol. The summed E-state index contributed by atoms with van der Waals surface area (Å²) in [5, 5.41) is 0. The number of ether oxygens (including phenoxy) is 1. The summed E-state index contributed by atoms with van der Waals surface area (Å²) < 4.78 is 5.25. The van der Waals surface area contributed by atoms with Crippen LogP contribution in [0.15, 0.2) is 0 Å². The van der Waals surface area contributed by atoms with Gasteiger partial charge in [-0.1, -0.05) is 20.8 Å². The van der Waals surface area contributed by atoms with E-state index in [1.54, 1.807) is 0 Å². The second kappa shape index (κ2) is 6.05. The molecule has 0 N–H and O–H groups in total. The summed E-state index contributed by atoms with van der Waals surface area (Å²) in [7, 11) is 0. The molecule has 10 heavy (non-hydrogen) atoms. The Hall–Kier alpha value is 0.310. The number of hydrogen-bond donors (Lipinski definition) is 1. The molecule has 62 valence electrons. The molecule has 0 radical (unpaired) electrons. The van der Waals surface area contributed by atoms with E-state index in [9.17, 15) is 0 Å². The molecule has 1 rings (SSSR count). The largest absolute Gasteiger partial charge is 0.368 e. The Kier molecular flexibility index (Phi) is 6.24. The van der Waals surface area contributed by atoms with E-state index in [4.69, 9.17) is 4.74 Å². The lowest BCUT2D eigenvalue weighted by molar-refractivity contribution is 0.0382. The van der Waals surface area contributed by atoms with Gasteiger partial charge in [0.25, 0.3) is 0 Å². The van der Waals surface area contributed by atoms with Gasteiger partial charge in [-0.3, -0.25) is 0 Å². The lowest BCUT2D eigenvalue weighted by atomic mass is 10.1. The number of hydrogen-bond acceptors (Lipinski definition) is 2. The first-order valence-electron chi connectivity index (χ1n) is 4.10. The molecule has 1 aliphatic rings. The first-order chi connectivity index (χ1) is 4.80. The zero-order valence-electron chi connectivity index (χ0n) is 7.13. The summed E-state index contributed by atoms with van der Waals surface area (Å²) >= 11 is 4.23. The van der Waals surface area contributed by atoms with Crippen LogP contribution in [0.5, 0.6) is 0 Å². The van der Waals surface area contributed by atoms with Gasteiger partial charge in [-0.25, -0.2) is 0 Å². The van der Waals surface area contributed by atoms with Gasteiger partial charge >= 0.3 is 0 Å². The van der Waals surface area contributed by atoms with Crippen LogP contribution in [0.3, 0.4) is 0 Å². The molecule has 1 fully saturated rings. The monoisotopic (exact) mass is 162 g/mol. The molecule has 2 heteroatoms. The average Bonchev–Trinajstić information content (AvgIpc) is 2.00. The van der Waals surface area contributed by atoms with Gasteiger partial charge in [0, 0.05) is 6.61 Å². The first-order valence-corrected chi connectivity index (χ1v) is 4.62. The maximum atomic E-state index is 5.25. The summed E-state index contributed by atoms with van der Waals surface area (Å²) in [6.07, 6.45) is 2.48. The molecule has 0 aromatic carbocycles. The van der Waals surface area contributed by atoms with E-state index in [0.29, 0.717) is 5.92 Å². The van der Waals surface area contributed by atoms with Crippen LogP contribution in [0.25, 0.3) is 0 Å². The van der Waals surface area contributed by atoms with Crippen LogP contribution in [0.2, 0.25) is 0 Å². The second-order valence-electron chi connectivity index (χ2n) is 2.38. The molecule has 0 aliphatic carbocycles. The number of thiol groups is 1. The molecule has 0 spiro atoms. The molecule has 2 atom stereocenters. The van der Waals surface area contributed by atoms with E-state index in [2.05, 4.69) is 19.6 Å². The van der Waals surface area contributed by atoms with Crippen molar-refractivity contribution in [2.45, 2.75) is 39.0 Å². The highest BCUT2D eigenvalue weighted by atomic mass is 32.1. The van der Waals surface area contributed by atoms with Gasteiger partial charge in [-0.2, -0.15) is 0 Å². The van der Waals surface area contributed by atoms with Crippen molar-refractivity contribution in [3.05, 3.63) is 0 Å². The fraction of sp³-hybridized carbons (Fsp3) is 1.00. The minimum Gasteiger partial charge on any atom is -0.368 e. The Bertz CT molecular complexity index is 65.7. The quantitative estimate of drug-likeness (QED) is 0.539. The third kappa shape index (κ3) is 3.47. The molecular formula is C8H18OS. The first kappa shape index (κ1) is 10.3. The van der Waals surface area contributed by atoms with Gasteiger partial charge in [-0.15, -0.1) is 12.6 Å². The Morgan fingerprint density at radius 3 is 2.30 bits per heavy atom. The number of rotatable bonds is 0. The Labute approximate surface area is 69.6 Å². The summed E-state index contributed by atoms with van der Waals surface area (Å²) in [6, 6.07) is 0. The van der Waals surface area contributed by atoms with Gasteiger partial charge in [-0.05, 0) is 18.8 Å². The van der Waals surface area contributed by atoms with Crippen LogP contribution < -0.4 is 0 Å². The maximum Gasteiger partial charge on any atom is 0.102 e. The Morgan fingerprint density at radius 1 is 1.40 bits per heavy atom. The van der Waals surface area contributed by atoms with Gasteiger partial charge in [0.1, 0.15) is 5.44 Å². The van der Waals surface area contributed by atoms with E-state index in [1.807, 2.05) is 13.8 Å². The zero-order valence-corrected chi connectivity index (χ0v) is 8.03. The van der Waals surface area contributed by atoms with Crippen molar-refractivity contribution < 1.29 is 4.74 Å². The molecule has 1 saturated heterocycles. The minimum absolute atomic E-state index is 0.198. The summed E-state index contributed by atoms with van der Waals surface area (Å²) in [5.41, 5.74) is 0.198. The lowest BCUT2D eigenvalue weighted by Crippen LogP contribution is -2.21. The van der Waals surface area contributed by atoms with Gasteiger partial charge in [0.15, 0.2) is 0 Å². The third-order valence-corrected chi connectivity index (χ3v) is 2.24. The molecule has 1 nitrogen and oxygen atoms in total. The molecule has 0 bridgehead atoms. The Morgan fingerprint density at radius 2 is 2.00 bits per heavy atom. The molecule has 0 aromatic rings. The third-order valence-electron chi connectivity index (χ3n) is 1.58. The molecule has 2 unspecified atom stereocenters. The molecule has 0 saturated carbocycles. The van der Waals surface area contributed by atoms with Crippen LogP contribution in [-0.4, -0.2) is 12.0 Å². The van der Waals surface area contributed by atoms with Crippen molar-refractivity contribution >= 4 is 12.6 Å². The topological polar surface area (TPSA) is 9.23 Å². The van der Waals surface area contributed by atoms with E-state index in [-0.39, 0.29) is 5.44 Å². The van der Waals surface area contributed by atoms with E-state index >= 15 is 0 Å². The fourth-order valence-corrected chi connectivity index (χ4v) is 1.17. The highest BCUT2D eigenvalue weighted by Crippen LogP contribution is 2.21. The second-order valence-corrected chi connectivity index (χ2v) is 2.89. The standard InChI is InChI=1S/C6H12OS.C2H6/c1-5-3-2-4-7-6(5)8;1-2/h5-6,8H,2-4H2,1H3;1-2H3. The van der Waals surface area contributed by atoms with Crippen LogP contribution in [-0.2, 0) is 4.74 Å². The van der Waals surface area contributed by atoms with E-state index in [1.165, 1.54) is 12.8 Å². The molecule has 1 aliphatic heterocycles. The predicted molar refractivity (Wildman–Crippen MR) is 48.5 cm³/mol. The summed E-state index contributed by atoms with van der Waals surface area (Å²) in [4.78, 5) is 0. The normalized spacial score (nSPS) is 32.4. The maximum absolute atomic E-state index is 5.25. The van der Waals surface area contributed by atoms with Gasteiger partial charge in [0.2, 0.25) is 0 Å². The predicted octanol–water partition coefficient (Wildman–Crippen LogP) is 2.72. The fourth-order valence-electron chi connectivity index (χ4n) is 0.916. The van der Waals surface area contributed by atoms with Crippen LogP contribution in [0.1, 0.15) is 33.6 Å². The van der Waals surface area contributed by atoms with Crippen LogP contribution in [0, 0.1) is 5.92 Å². The molecule has 0 amide bonds. The van der Waals surface area contributed by atoms with Crippen molar-refractivity contribution in [1.29, 1.82) is 0 Å². The molecule has 1 heterocycles.